The van der Waals surface area contributed by atoms with Crippen LogP contribution in [-0.4, -0.2) is 23.0 Å². The number of alkyl halides is 3. The van der Waals surface area contributed by atoms with Gasteiger partial charge in [0.1, 0.15) is 6.04 Å². The highest BCUT2D eigenvalue weighted by atomic mass is 19.4. The van der Waals surface area contributed by atoms with E-state index in [4.69, 9.17) is 5.11 Å². The summed E-state index contributed by atoms with van der Waals surface area (Å²) in [4.78, 5) is 26.0. The van der Waals surface area contributed by atoms with E-state index in [0.717, 1.165) is 11.6 Å². The van der Waals surface area contributed by atoms with Crippen molar-refractivity contribution < 1.29 is 27.9 Å². The number of aromatic carboxylic acids is 1. The van der Waals surface area contributed by atoms with Crippen LogP contribution in [0.15, 0.2) is 72.8 Å². The first-order valence-electron chi connectivity index (χ1n) is 10.3. The van der Waals surface area contributed by atoms with Crippen LogP contribution < -0.4 is 10.2 Å². The normalized spacial score (nSPS) is 18.1. The smallest absolute Gasteiger partial charge is 0.416 e. The summed E-state index contributed by atoms with van der Waals surface area (Å²) < 4.78 is 40.7. The van der Waals surface area contributed by atoms with E-state index in [1.807, 2.05) is 19.1 Å². The molecule has 33 heavy (non-hydrogen) atoms. The highest BCUT2D eigenvalue weighted by Gasteiger charge is 2.40. The van der Waals surface area contributed by atoms with Crippen LogP contribution in [0, 0.1) is 0 Å². The van der Waals surface area contributed by atoms with E-state index in [1.165, 1.54) is 35.2 Å². The minimum atomic E-state index is -4.54. The first kappa shape index (κ1) is 22.4. The Kier molecular flexibility index (Phi) is 5.84. The molecule has 0 fully saturated rings. The molecule has 1 aliphatic rings. The van der Waals surface area contributed by atoms with Gasteiger partial charge < -0.3 is 15.3 Å². The van der Waals surface area contributed by atoms with Crippen molar-refractivity contribution >= 4 is 23.3 Å². The van der Waals surface area contributed by atoms with Crippen LogP contribution in [0.1, 0.15) is 39.9 Å². The molecule has 8 heteroatoms. The second-order valence-corrected chi connectivity index (χ2v) is 7.93. The molecule has 1 aliphatic heterocycles. The maximum Gasteiger partial charge on any atom is 0.416 e. The van der Waals surface area contributed by atoms with E-state index in [-0.39, 0.29) is 29.5 Å². The lowest BCUT2D eigenvalue weighted by Gasteiger charge is -2.39. The van der Waals surface area contributed by atoms with Crippen molar-refractivity contribution in [1.29, 1.82) is 0 Å². The van der Waals surface area contributed by atoms with Crippen molar-refractivity contribution in [2.75, 3.05) is 10.2 Å². The number of carboxylic acid groups (broad SMARTS) is 1. The third kappa shape index (κ3) is 4.41. The molecule has 0 aliphatic carbocycles. The minimum absolute atomic E-state index is 0.00673. The number of hydrogen-bond donors (Lipinski definition) is 2. The van der Waals surface area contributed by atoms with Gasteiger partial charge in [-0.3, -0.25) is 4.79 Å². The van der Waals surface area contributed by atoms with Crippen LogP contribution in [0.5, 0.6) is 0 Å². The molecule has 4 rings (SSSR count). The summed E-state index contributed by atoms with van der Waals surface area (Å²) in [7, 11) is 0. The van der Waals surface area contributed by atoms with Gasteiger partial charge in [0.15, 0.2) is 0 Å². The van der Waals surface area contributed by atoms with Gasteiger partial charge in [-0.1, -0.05) is 43.3 Å². The molecule has 1 amide bonds. The number of benzene rings is 3. The predicted molar refractivity (Wildman–Crippen MR) is 118 cm³/mol. The molecule has 3 aromatic rings. The molecule has 0 spiro atoms. The zero-order chi connectivity index (χ0) is 23.8. The Labute approximate surface area is 188 Å². The van der Waals surface area contributed by atoms with Crippen molar-refractivity contribution in [2.24, 2.45) is 0 Å². The molecule has 5 nitrogen and oxygen atoms in total. The first-order chi connectivity index (χ1) is 15.7. The number of carbonyl (C=O) groups excluding carboxylic acids is 1. The van der Waals surface area contributed by atoms with Crippen molar-refractivity contribution in [3.05, 3.63) is 95.1 Å². The molecule has 0 radical (unpaired) electrons. The SMILES string of the molecule is CC1c2ccccc2N(Cc2ccccc2C(F)(F)F)C(=O)C1Nc1ccc(C(=O)O)cc1. The van der Waals surface area contributed by atoms with Gasteiger partial charge >= 0.3 is 12.1 Å². The highest BCUT2D eigenvalue weighted by Crippen LogP contribution is 2.39. The van der Waals surface area contributed by atoms with Gasteiger partial charge in [0.05, 0.1) is 17.7 Å². The number of fused-ring (bicyclic) bond motifs is 1. The summed E-state index contributed by atoms with van der Waals surface area (Å²) in [6, 6.07) is 17.6. The number of amides is 1. The monoisotopic (exact) mass is 454 g/mol. The van der Waals surface area contributed by atoms with Gasteiger partial charge in [0, 0.05) is 17.3 Å². The van der Waals surface area contributed by atoms with Crippen LogP contribution in [0.4, 0.5) is 24.5 Å². The lowest BCUT2D eigenvalue weighted by Crippen LogP contribution is -2.49. The number of nitrogens with one attached hydrogen (secondary N) is 1. The number of anilines is 2. The van der Waals surface area contributed by atoms with Gasteiger partial charge in [-0.15, -0.1) is 0 Å². The number of hydrogen-bond acceptors (Lipinski definition) is 3. The molecule has 0 aromatic heterocycles. The number of carbonyl (C=O) groups is 2. The number of halogens is 3. The largest absolute Gasteiger partial charge is 0.478 e. The minimum Gasteiger partial charge on any atom is -0.478 e. The first-order valence-corrected chi connectivity index (χ1v) is 10.3. The molecular formula is C25H21F3N2O3. The Bertz CT molecular complexity index is 1190. The third-order valence-corrected chi connectivity index (χ3v) is 5.86. The zero-order valence-corrected chi connectivity index (χ0v) is 17.6. The average Bonchev–Trinajstić information content (AvgIpc) is 2.79. The van der Waals surface area contributed by atoms with Gasteiger partial charge in [-0.25, -0.2) is 4.79 Å². The molecule has 170 valence electrons. The molecule has 0 bridgehead atoms. The van der Waals surface area contributed by atoms with Gasteiger partial charge in [-0.05, 0) is 47.5 Å². The molecule has 2 atom stereocenters. The van der Waals surface area contributed by atoms with Crippen molar-refractivity contribution in [2.45, 2.75) is 31.6 Å². The van der Waals surface area contributed by atoms with Crippen LogP contribution >= 0.6 is 0 Å². The lowest BCUT2D eigenvalue weighted by atomic mass is 9.86. The quantitative estimate of drug-likeness (QED) is 0.532. The second kappa shape index (κ2) is 8.61. The zero-order valence-electron chi connectivity index (χ0n) is 17.6. The second-order valence-electron chi connectivity index (χ2n) is 7.93. The number of carboxylic acids is 1. The summed E-state index contributed by atoms with van der Waals surface area (Å²) in [6.45, 7) is 1.65. The van der Waals surface area contributed by atoms with Crippen molar-refractivity contribution in [3.8, 4) is 0 Å². The average molecular weight is 454 g/mol. The van der Waals surface area contributed by atoms with Crippen LogP contribution in [0.25, 0.3) is 0 Å². The van der Waals surface area contributed by atoms with Gasteiger partial charge in [0.25, 0.3) is 0 Å². The maximum atomic E-state index is 13.6. The summed E-state index contributed by atoms with van der Waals surface area (Å²) >= 11 is 0. The molecule has 2 N–H and O–H groups in total. The fourth-order valence-corrected chi connectivity index (χ4v) is 4.14. The van der Waals surface area contributed by atoms with Crippen molar-refractivity contribution in [1.82, 2.24) is 0 Å². The van der Waals surface area contributed by atoms with Crippen LogP contribution in [0.2, 0.25) is 0 Å². The van der Waals surface area contributed by atoms with E-state index in [2.05, 4.69) is 5.32 Å². The molecule has 0 saturated carbocycles. The topological polar surface area (TPSA) is 69.6 Å². The summed E-state index contributed by atoms with van der Waals surface area (Å²) in [5, 5.41) is 12.2. The maximum absolute atomic E-state index is 13.6. The Balaban J connectivity index is 1.70. The highest BCUT2D eigenvalue weighted by molar-refractivity contribution is 6.02. The van der Waals surface area contributed by atoms with Crippen molar-refractivity contribution in [3.63, 3.8) is 0 Å². The molecular weight excluding hydrogens is 433 g/mol. The molecule has 2 unspecified atom stereocenters. The summed E-state index contributed by atoms with van der Waals surface area (Å²) in [6.07, 6.45) is -4.54. The summed E-state index contributed by atoms with van der Waals surface area (Å²) in [5.74, 6) is -1.69. The van der Waals surface area contributed by atoms with E-state index in [0.29, 0.717) is 11.4 Å². The van der Waals surface area contributed by atoms with E-state index < -0.39 is 23.8 Å². The Hall–Kier alpha value is -3.81. The standard InChI is InChI=1S/C25H21F3N2O3/c1-15-19-7-3-5-9-21(19)30(14-17-6-2-4-8-20(17)25(26,27)28)23(31)22(15)29-18-12-10-16(11-13-18)24(32)33/h2-13,15,22,29H,14H2,1H3,(H,32,33). The Morgan fingerprint density at radius 1 is 1.00 bits per heavy atom. The van der Waals surface area contributed by atoms with E-state index >= 15 is 0 Å². The number of para-hydroxylation sites is 1. The predicted octanol–water partition coefficient (Wildman–Crippen LogP) is 5.53. The molecule has 1 heterocycles. The molecule has 3 aromatic carbocycles. The van der Waals surface area contributed by atoms with Gasteiger partial charge in [0.2, 0.25) is 5.91 Å². The van der Waals surface area contributed by atoms with Crippen LogP contribution in [0.3, 0.4) is 0 Å². The fourth-order valence-electron chi connectivity index (χ4n) is 4.14. The number of rotatable bonds is 5. The summed E-state index contributed by atoms with van der Waals surface area (Å²) in [5.41, 5.74) is 1.29. The lowest BCUT2D eigenvalue weighted by molar-refractivity contribution is -0.138. The Morgan fingerprint density at radius 2 is 1.64 bits per heavy atom. The van der Waals surface area contributed by atoms with E-state index in [9.17, 15) is 22.8 Å². The third-order valence-electron chi connectivity index (χ3n) is 5.86. The molecule has 0 saturated heterocycles. The van der Waals surface area contributed by atoms with Crippen LogP contribution in [-0.2, 0) is 17.5 Å². The number of nitrogens with zero attached hydrogens (tertiary/aromatic N) is 1. The van der Waals surface area contributed by atoms with E-state index in [1.54, 1.807) is 24.3 Å². The fraction of sp³-hybridized carbons (Fsp3) is 0.200. The van der Waals surface area contributed by atoms with Gasteiger partial charge in [-0.2, -0.15) is 13.2 Å². The Morgan fingerprint density at radius 3 is 2.30 bits per heavy atom.